The number of phenols is 1. The Labute approximate surface area is 91.7 Å². The summed E-state index contributed by atoms with van der Waals surface area (Å²) < 4.78 is 26.4. The van der Waals surface area contributed by atoms with Gasteiger partial charge in [-0.15, -0.1) is 0 Å². The summed E-state index contributed by atoms with van der Waals surface area (Å²) in [6.07, 6.45) is 0.493. The van der Waals surface area contributed by atoms with Crippen molar-refractivity contribution in [2.75, 3.05) is 6.54 Å². The summed E-state index contributed by atoms with van der Waals surface area (Å²) in [5.74, 6) is -2.59. The Morgan fingerprint density at radius 3 is 2.67 bits per heavy atom. The monoisotopic (exact) mass is 235 g/mol. The summed E-state index contributed by atoms with van der Waals surface area (Å²) >= 11 is 5.41. The minimum atomic E-state index is -0.963. The summed E-state index contributed by atoms with van der Waals surface area (Å²) in [5, 5.41) is 8.82. The zero-order chi connectivity index (χ0) is 11.6. The lowest BCUT2D eigenvalue weighted by molar-refractivity contribution is 0.440. The standard InChI is InChI=1S/C10H12ClF2NO/c1-5(2-3-14)8-7(15)4-6(12)9(11)10(8)13/h4-5,15H,2-3,14H2,1H3. The van der Waals surface area contributed by atoms with Gasteiger partial charge in [0.1, 0.15) is 16.6 Å². The molecule has 1 atom stereocenters. The van der Waals surface area contributed by atoms with Crippen LogP contribution in [0.5, 0.6) is 5.75 Å². The Morgan fingerprint density at radius 2 is 2.13 bits per heavy atom. The summed E-state index contributed by atoms with van der Waals surface area (Å²) in [5.41, 5.74) is 5.34. The van der Waals surface area contributed by atoms with Crippen LogP contribution in [0.3, 0.4) is 0 Å². The van der Waals surface area contributed by atoms with Crippen LogP contribution in [0.2, 0.25) is 5.02 Å². The van der Waals surface area contributed by atoms with Gasteiger partial charge in [-0.2, -0.15) is 0 Å². The molecule has 15 heavy (non-hydrogen) atoms. The van der Waals surface area contributed by atoms with Crippen LogP contribution < -0.4 is 5.73 Å². The highest BCUT2D eigenvalue weighted by molar-refractivity contribution is 6.31. The van der Waals surface area contributed by atoms with Gasteiger partial charge in [-0.1, -0.05) is 18.5 Å². The molecule has 0 amide bonds. The van der Waals surface area contributed by atoms with Gasteiger partial charge in [0.05, 0.1) is 0 Å². The molecule has 84 valence electrons. The number of benzene rings is 1. The van der Waals surface area contributed by atoms with Crippen LogP contribution in [0.25, 0.3) is 0 Å². The lowest BCUT2D eigenvalue weighted by atomic mass is 9.96. The number of nitrogens with two attached hydrogens (primary N) is 1. The maximum atomic E-state index is 13.5. The zero-order valence-corrected chi connectivity index (χ0v) is 8.98. The molecule has 0 heterocycles. The van der Waals surface area contributed by atoms with Gasteiger partial charge >= 0.3 is 0 Å². The predicted molar refractivity (Wildman–Crippen MR) is 55.1 cm³/mol. The fourth-order valence-corrected chi connectivity index (χ4v) is 1.62. The highest BCUT2D eigenvalue weighted by Crippen LogP contribution is 2.35. The van der Waals surface area contributed by atoms with Crippen LogP contribution in [-0.2, 0) is 0 Å². The van der Waals surface area contributed by atoms with Crippen LogP contribution in [0.15, 0.2) is 6.07 Å². The van der Waals surface area contributed by atoms with E-state index in [9.17, 15) is 13.9 Å². The topological polar surface area (TPSA) is 46.2 Å². The van der Waals surface area contributed by atoms with Crippen LogP contribution in [-0.4, -0.2) is 11.7 Å². The molecule has 1 aromatic rings. The fourth-order valence-electron chi connectivity index (χ4n) is 1.46. The van der Waals surface area contributed by atoms with E-state index in [4.69, 9.17) is 17.3 Å². The first-order chi connectivity index (χ1) is 6.99. The molecule has 0 aliphatic heterocycles. The number of rotatable bonds is 3. The molecule has 1 rings (SSSR count). The second kappa shape index (κ2) is 4.77. The number of phenolic OH excluding ortho intramolecular Hbond substituents is 1. The zero-order valence-electron chi connectivity index (χ0n) is 8.23. The normalized spacial score (nSPS) is 12.9. The summed E-state index contributed by atoms with van der Waals surface area (Å²) in [6, 6.07) is 0.813. The van der Waals surface area contributed by atoms with E-state index in [1.807, 2.05) is 0 Å². The van der Waals surface area contributed by atoms with Crippen molar-refractivity contribution in [3.05, 3.63) is 28.3 Å². The highest BCUT2D eigenvalue weighted by Gasteiger charge is 2.20. The van der Waals surface area contributed by atoms with E-state index in [1.165, 1.54) is 0 Å². The lowest BCUT2D eigenvalue weighted by Gasteiger charge is -2.14. The number of halogens is 3. The van der Waals surface area contributed by atoms with Crippen LogP contribution in [0.4, 0.5) is 8.78 Å². The van der Waals surface area contributed by atoms with E-state index in [2.05, 4.69) is 0 Å². The number of aromatic hydroxyl groups is 1. The Hall–Kier alpha value is -0.870. The minimum absolute atomic E-state index is 0.0202. The molecule has 0 bridgehead atoms. The lowest BCUT2D eigenvalue weighted by Crippen LogP contribution is -2.07. The van der Waals surface area contributed by atoms with Gasteiger partial charge in [0.15, 0.2) is 5.82 Å². The van der Waals surface area contributed by atoms with Crippen molar-refractivity contribution >= 4 is 11.6 Å². The Bertz CT molecular complexity index is 371. The Balaban J connectivity index is 3.23. The van der Waals surface area contributed by atoms with E-state index in [-0.39, 0.29) is 11.5 Å². The van der Waals surface area contributed by atoms with Gasteiger partial charge in [-0.05, 0) is 18.9 Å². The minimum Gasteiger partial charge on any atom is -0.507 e. The predicted octanol–water partition coefficient (Wildman–Crippen LogP) is 2.78. The number of hydrogen-bond acceptors (Lipinski definition) is 2. The molecule has 5 heteroatoms. The second-order valence-corrected chi connectivity index (χ2v) is 3.78. The van der Waals surface area contributed by atoms with Crippen LogP contribution in [0.1, 0.15) is 24.8 Å². The average molecular weight is 236 g/mol. The molecular formula is C10H12ClF2NO. The van der Waals surface area contributed by atoms with Crippen molar-refractivity contribution in [2.45, 2.75) is 19.3 Å². The Morgan fingerprint density at radius 1 is 1.53 bits per heavy atom. The molecule has 0 radical (unpaired) electrons. The maximum Gasteiger partial charge on any atom is 0.151 e. The largest absolute Gasteiger partial charge is 0.507 e. The van der Waals surface area contributed by atoms with Crippen molar-refractivity contribution in [1.29, 1.82) is 0 Å². The molecule has 1 unspecified atom stereocenters. The van der Waals surface area contributed by atoms with Gasteiger partial charge in [-0.25, -0.2) is 8.78 Å². The third kappa shape index (κ3) is 2.38. The quantitative estimate of drug-likeness (QED) is 0.792. The van der Waals surface area contributed by atoms with Gasteiger partial charge in [-0.3, -0.25) is 0 Å². The molecule has 0 aromatic heterocycles. The third-order valence-electron chi connectivity index (χ3n) is 2.27. The van der Waals surface area contributed by atoms with Crippen molar-refractivity contribution < 1.29 is 13.9 Å². The van der Waals surface area contributed by atoms with Gasteiger partial charge in [0, 0.05) is 11.6 Å². The third-order valence-corrected chi connectivity index (χ3v) is 2.62. The Kier molecular flexibility index (Phi) is 3.88. The molecular weight excluding hydrogens is 224 g/mol. The molecule has 0 spiro atoms. The van der Waals surface area contributed by atoms with E-state index in [0.717, 1.165) is 6.07 Å². The van der Waals surface area contributed by atoms with E-state index < -0.39 is 22.4 Å². The molecule has 2 nitrogen and oxygen atoms in total. The average Bonchev–Trinajstić information content (AvgIpc) is 2.15. The molecule has 3 N–H and O–H groups in total. The van der Waals surface area contributed by atoms with E-state index in [1.54, 1.807) is 6.92 Å². The van der Waals surface area contributed by atoms with Crippen LogP contribution in [0, 0.1) is 11.6 Å². The number of hydrogen-bond donors (Lipinski definition) is 2. The molecule has 0 saturated heterocycles. The SMILES string of the molecule is CC(CCN)c1c(O)cc(F)c(Cl)c1F. The molecule has 0 fully saturated rings. The molecule has 0 saturated carbocycles. The first kappa shape index (κ1) is 12.2. The maximum absolute atomic E-state index is 13.5. The fraction of sp³-hybridized carbons (Fsp3) is 0.400. The van der Waals surface area contributed by atoms with E-state index >= 15 is 0 Å². The van der Waals surface area contributed by atoms with Crippen molar-refractivity contribution in [1.82, 2.24) is 0 Å². The van der Waals surface area contributed by atoms with Crippen molar-refractivity contribution in [3.63, 3.8) is 0 Å². The summed E-state index contributed by atoms with van der Waals surface area (Å²) in [7, 11) is 0. The molecule has 0 aliphatic carbocycles. The van der Waals surface area contributed by atoms with Gasteiger partial charge < -0.3 is 10.8 Å². The summed E-state index contributed by atoms with van der Waals surface area (Å²) in [4.78, 5) is 0. The van der Waals surface area contributed by atoms with Gasteiger partial charge in [0.2, 0.25) is 0 Å². The summed E-state index contributed by atoms with van der Waals surface area (Å²) in [6.45, 7) is 2.05. The van der Waals surface area contributed by atoms with Crippen molar-refractivity contribution in [2.24, 2.45) is 5.73 Å². The second-order valence-electron chi connectivity index (χ2n) is 3.40. The first-order valence-electron chi connectivity index (χ1n) is 4.55. The first-order valence-corrected chi connectivity index (χ1v) is 4.93. The van der Waals surface area contributed by atoms with Gasteiger partial charge in [0.25, 0.3) is 0 Å². The smallest absolute Gasteiger partial charge is 0.151 e. The van der Waals surface area contributed by atoms with E-state index in [0.29, 0.717) is 13.0 Å². The van der Waals surface area contributed by atoms with Crippen molar-refractivity contribution in [3.8, 4) is 5.75 Å². The molecule has 0 aliphatic rings. The van der Waals surface area contributed by atoms with Crippen LogP contribution >= 0.6 is 11.6 Å². The highest BCUT2D eigenvalue weighted by atomic mass is 35.5. The molecule has 1 aromatic carbocycles.